The Morgan fingerprint density at radius 1 is 1.16 bits per heavy atom. The van der Waals surface area contributed by atoms with Gasteiger partial charge in [0, 0.05) is 35.3 Å². The predicted molar refractivity (Wildman–Crippen MR) is 127 cm³/mol. The van der Waals surface area contributed by atoms with Crippen LogP contribution in [-0.4, -0.2) is 38.9 Å². The van der Waals surface area contributed by atoms with E-state index in [-0.39, 0.29) is 11.3 Å². The van der Waals surface area contributed by atoms with Crippen LogP contribution >= 0.6 is 0 Å². The van der Waals surface area contributed by atoms with Crippen molar-refractivity contribution in [3.8, 4) is 11.5 Å². The number of carbonyl (C=O) groups is 1. The Bertz CT molecular complexity index is 1250. The number of carbonyl (C=O) groups excluding carboxylic acids is 1. The Labute approximate surface area is 187 Å². The van der Waals surface area contributed by atoms with E-state index in [1.54, 1.807) is 32.6 Å². The summed E-state index contributed by atoms with van der Waals surface area (Å²) in [4.78, 5) is 14.8. The Morgan fingerprint density at radius 2 is 1.91 bits per heavy atom. The van der Waals surface area contributed by atoms with Crippen LogP contribution in [0.15, 0.2) is 52.0 Å². The molecule has 4 rings (SSSR count). The van der Waals surface area contributed by atoms with Gasteiger partial charge in [-0.1, -0.05) is 18.2 Å². The van der Waals surface area contributed by atoms with Gasteiger partial charge in [0.2, 0.25) is 0 Å². The van der Waals surface area contributed by atoms with Crippen LogP contribution in [0.4, 0.5) is 5.69 Å². The van der Waals surface area contributed by atoms with Crippen molar-refractivity contribution < 1.29 is 18.7 Å². The fourth-order valence-electron chi connectivity index (χ4n) is 4.00. The van der Waals surface area contributed by atoms with Crippen molar-refractivity contribution in [1.29, 1.82) is 0 Å². The predicted octanol–water partition coefficient (Wildman–Crippen LogP) is 4.85. The average molecular weight is 434 g/mol. The van der Waals surface area contributed by atoms with Crippen molar-refractivity contribution in [2.45, 2.75) is 26.3 Å². The first-order valence-electron chi connectivity index (χ1n) is 10.3. The number of methoxy groups -OCH3 is 2. The topological polar surface area (TPSA) is 76.3 Å². The number of para-hydroxylation sites is 1. The highest BCUT2D eigenvalue weighted by molar-refractivity contribution is 5.98. The van der Waals surface area contributed by atoms with Crippen LogP contribution in [0.3, 0.4) is 0 Å². The minimum absolute atomic E-state index is 0.0963. The third-order valence-electron chi connectivity index (χ3n) is 5.89. The summed E-state index contributed by atoms with van der Waals surface area (Å²) in [5.41, 5.74) is 7.09. The first-order valence-corrected chi connectivity index (χ1v) is 10.3. The summed E-state index contributed by atoms with van der Waals surface area (Å²) in [6, 6.07) is 11.2. The van der Waals surface area contributed by atoms with E-state index in [1.807, 2.05) is 24.3 Å². The average Bonchev–Trinajstić information content (AvgIpc) is 3.21. The number of hydrogen-bond acceptors (Lipinski definition) is 6. The highest BCUT2D eigenvalue weighted by Gasteiger charge is 2.29. The monoisotopic (exact) mass is 433 g/mol. The maximum absolute atomic E-state index is 12.6. The molecular formula is C25H27N3O4. The Kier molecular flexibility index (Phi) is 5.42. The number of ether oxygens (including phenoxy) is 2. The van der Waals surface area contributed by atoms with Crippen molar-refractivity contribution >= 4 is 34.4 Å². The van der Waals surface area contributed by atoms with E-state index >= 15 is 0 Å². The van der Waals surface area contributed by atoms with E-state index in [0.717, 1.165) is 22.2 Å². The molecule has 0 spiro atoms. The van der Waals surface area contributed by atoms with E-state index in [2.05, 4.69) is 49.3 Å². The zero-order valence-electron chi connectivity index (χ0n) is 19.1. The summed E-state index contributed by atoms with van der Waals surface area (Å²) in [6.45, 7) is 6.44. The molecule has 0 saturated carbocycles. The number of hydrazone groups is 1. The molecule has 0 bridgehead atoms. The van der Waals surface area contributed by atoms with E-state index < -0.39 is 5.91 Å². The molecule has 1 N–H and O–H groups in total. The second-order valence-electron chi connectivity index (χ2n) is 8.34. The van der Waals surface area contributed by atoms with E-state index in [1.165, 1.54) is 5.57 Å². The fourth-order valence-corrected chi connectivity index (χ4v) is 4.00. The van der Waals surface area contributed by atoms with E-state index in [4.69, 9.17) is 13.9 Å². The molecule has 1 aliphatic heterocycles. The van der Waals surface area contributed by atoms with Gasteiger partial charge in [0.1, 0.15) is 5.75 Å². The van der Waals surface area contributed by atoms with Crippen LogP contribution in [0.5, 0.6) is 11.5 Å². The summed E-state index contributed by atoms with van der Waals surface area (Å²) in [6.07, 6.45) is 3.81. The van der Waals surface area contributed by atoms with Gasteiger partial charge in [-0.2, -0.15) is 5.10 Å². The summed E-state index contributed by atoms with van der Waals surface area (Å²) in [5.74, 6) is 0.948. The van der Waals surface area contributed by atoms with Gasteiger partial charge in [-0.3, -0.25) is 4.79 Å². The molecule has 0 aliphatic carbocycles. The number of rotatable bonds is 5. The molecule has 0 atom stereocenters. The van der Waals surface area contributed by atoms with Crippen molar-refractivity contribution in [2.24, 2.45) is 5.10 Å². The number of nitrogens with one attached hydrogen (secondary N) is 1. The maximum atomic E-state index is 12.6. The number of benzene rings is 2. The number of fused-ring (bicyclic) bond motifs is 2. The molecule has 0 radical (unpaired) electrons. The van der Waals surface area contributed by atoms with Crippen molar-refractivity contribution in [1.82, 2.24) is 5.43 Å². The van der Waals surface area contributed by atoms with Crippen molar-refractivity contribution in [3.05, 3.63) is 59.4 Å². The maximum Gasteiger partial charge on any atom is 0.307 e. The summed E-state index contributed by atoms with van der Waals surface area (Å²) >= 11 is 0. The van der Waals surface area contributed by atoms with Gasteiger partial charge in [-0.05, 0) is 44.5 Å². The first-order chi connectivity index (χ1) is 15.2. The molecule has 32 heavy (non-hydrogen) atoms. The zero-order valence-corrected chi connectivity index (χ0v) is 19.1. The molecule has 7 heteroatoms. The lowest BCUT2D eigenvalue weighted by Crippen LogP contribution is -2.42. The SMILES string of the molecule is COc1cc2c(cc1/C=N\NC(=O)c1cc3cccc(OC)c3o1)C(C)=CC(C)(C)N2C. The number of furan rings is 1. The van der Waals surface area contributed by atoms with Crippen LogP contribution in [0, 0.1) is 0 Å². The number of nitrogens with zero attached hydrogens (tertiary/aromatic N) is 2. The number of amides is 1. The molecule has 0 fully saturated rings. The second-order valence-corrected chi connectivity index (χ2v) is 8.34. The summed E-state index contributed by atoms with van der Waals surface area (Å²) in [7, 11) is 5.25. The molecule has 1 aromatic heterocycles. The minimum Gasteiger partial charge on any atom is -0.496 e. The molecule has 0 unspecified atom stereocenters. The normalized spacial score (nSPS) is 14.9. The van der Waals surface area contributed by atoms with Crippen molar-refractivity contribution in [3.63, 3.8) is 0 Å². The third-order valence-corrected chi connectivity index (χ3v) is 5.89. The molecule has 2 aromatic carbocycles. The lowest BCUT2D eigenvalue weighted by atomic mass is 9.88. The quantitative estimate of drug-likeness (QED) is 0.460. The lowest BCUT2D eigenvalue weighted by molar-refractivity contribution is 0.0929. The van der Waals surface area contributed by atoms with Crippen LogP contribution in [0.1, 0.15) is 42.5 Å². The van der Waals surface area contributed by atoms with Gasteiger partial charge in [0.15, 0.2) is 17.1 Å². The molecule has 0 saturated heterocycles. The first kappa shape index (κ1) is 21.5. The molecule has 1 amide bonds. The number of likely N-dealkylation sites (N-methyl/N-ethyl adjacent to an activating group) is 1. The van der Waals surface area contributed by atoms with Gasteiger partial charge in [-0.15, -0.1) is 0 Å². The van der Waals surface area contributed by atoms with Crippen LogP contribution in [0.2, 0.25) is 0 Å². The number of anilines is 1. The number of hydrogen-bond donors (Lipinski definition) is 1. The lowest BCUT2D eigenvalue weighted by Gasteiger charge is -2.40. The Hall–Kier alpha value is -3.74. The second kappa shape index (κ2) is 8.07. The third kappa shape index (κ3) is 3.70. The van der Waals surface area contributed by atoms with Crippen LogP contribution in [-0.2, 0) is 0 Å². The molecule has 3 aromatic rings. The van der Waals surface area contributed by atoms with Gasteiger partial charge in [-0.25, -0.2) is 5.43 Å². The number of allylic oxidation sites excluding steroid dienone is 1. The highest BCUT2D eigenvalue weighted by Crippen LogP contribution is 2.40. The van der Waals surface area contributed by atoms with E-state index in [9.17, 15) is 4.79 Å². The van der Waals surface area contributed by atoms with Gasteiger partial charge < -0.3 is 18.8 Å². The Morgan fingerprint density at radius 3 is 2.62 bits per heavy atom. The van der Waals surface area contributed by atoms with Gasteiger partial charge in [0.05, 0.1) is 26.0 Å². The van der Waals surface area contributed by atoms with Gasteiger partial charge in [0.25, 0.3) is 0 Å². The molecular weight excluding hydrogens is 406 g/mol. The fraction of sp³-hybridized carbons (Fsp3) is 0.280. The minimum atomic E-state index is -0.450. The zero-order chi connectivity index (χ0) is 23.0. The molecule has 1 aliphatic rings. The van der Waals surface area contributed by atoms with Gasteiger partial charge >= 0.3 is 5.91 Å². The van der Waals surface area contributed by atoms with Crippen LogP contribution in [0.25, 0.3) is 16.5 Å². The smallest absolute Gasteiger partial charge is 0.307 e. The molecule has 7 nitrogen and oxygen atoms in total. The largest absolute Gasteiger partial charge is 0.496 e. The summed E-state index contributed by atoms with van der Waals surface area (Å²) < 4.78 is 16.5. The molecule has 166 valence electrons. The summed E-state index contributed by atoms with van der Waals surface area (Å²) in [5, 5.41) is 4.91. The van der Waals surface area contributed by atoms with E-state index in [0.29, 0.717) is 17.1 Å². The van der Waals surface area contributed by atoms with Crippen molar-refractivity contribution in [2.75, 3.05) is 26.2 Å². The standard InChI is InChI=1S/C25H27N3O4/c1-15-13-25(2,3)28(4)19-12-21(31-6)17(10-18(15)19)14-26-27-24(29)22-11-16-8-7-9-20(30-5)23(16)32-22/h7-14H,1-6H3,(H,27,29)/b26-14-. The molecule has 2 heterocycles. The highest BCUT2D eigenvalue weighted by atomic mass is 16.5. The Balaban J connectivity index is 1.59. The van der Waals surface area contributed by atoms with Crippen LogP contribution < -0.4 is 19.8 Å².